The van der Waals surface area contributed by atoms with Gasteiger partial charge in [0.15, 0.2) is 0 Å². The van der Waals surface area contributed by atoms with E-state index in [0.29, 0.717) is 5.57 Å². The molecule has 2 aromatic rings. The summed E-state index contributed by atoms with van der Waals surface area (Å²) in [4.78, 5) is 11.8. The average molecular weight is 295 g/mol. The van der Waals surface area contributed by atoms with E-state index in [9.17, 15) is 4.79 Å². The lowest BCUT2D eigenvalue weighted by Crippen LogP contribution is -2.27. The second kappa shape index (κ2) is 8.03. The van der Waals surface area contributed by atoms with Crippen molar-refractivity contribution in [2.45, 2.75) is 18.9 Å². The molecule has 1 atom stereocenters. The van der Waals surface area contributed by atoms with Crippen LogP contribution in [0.3, 0.4) is 0 Å². The van der Waals surface area contributed by atoms with Crippen LogP contribution in [0.4, 0.5) is 5.69 Å². The zero-order chi connectivity index (χ0) is 15.8. The van der Waals surface area contributed by atoms with Gasteiger partial charge in [-0.25, -0.2) is 4.79 Å². The summed E-state index contributed by atoms with van der Waals surface area (Å²) < 4.78 is 4.80. The molecule has 0 unspecified atom stereocenters. The van der Waals surface area contributed by atoms with Crippen LogP contribution < -0.4 is 5.32 Å². The highest BCUT2D eigenvalue weighted by Gasteiger charge is 2.19. The van der Waals surface area contributed by atoms with Crippen molar-refractivity contribution in [3.63, 3.8) is 0 Å². The monoisotopic (exact) mass is 295 g/mol. The minimum atomic E-state index is -0.374. The highest BCUT2D eigenvalue weighted by Crippen LogP contribution is 2.17. The van der Waals surface area contributed by atoms with Crippen molar-refractivity contribution in [3.8, 4) is 0 Å². The van der Waals surface area contributed by atoms with Crippen molar-refractivity contribution < 1.29 is 9.53 Å². The third kappa shape index (κ3) is 4.48. The molecule has 3 heteroatoms. The summed E-state index contributed by atoms with van der Waals surface area (Å²) in [6.07, 6.45) is 1.63. The van der Waals surface area contributed by atoms with Gasteiger partial charge < -0.3 is 10.1 Å². The second-order valence-corrected chi connectivity index (χ2v) is 5.10. The molecule has 0 fully saturated rings. The zero-order valence-electron chi connectivity index (χ0n) is 12.8. The van der Waals surface area contributed by atoms with Crippen LogP contribution in [-0.4, -0.2) is 19.1 Å². The molecule has 114 valence electrons. The van der Waals surface area contributed by atoms with Crippen molar-refractivity contribution in [2.24, 2.45) is 0 Å². The molecule has 2 aromatic carbocycles. The summed E-state index contributed by atoms with van der Waals surface area (Å²) in [5, 5.41) is 3.36. The van der Waals surface area contributed by atoms with Crippen molar-refractivity contribution in [1.29, 1.82) is 0 Å². The van der Waals surface area contributed by atoms with Gasteiger partial charge in [-0.2, -0.15) is 0 Å². The summed E-state index contributed by atoms with van der Waals surface area (Å²) in [6, 6.07) is 19.9. The number of para-hydroxylation sites is 1. The van der Waals surface area contributed by atoms with Gasteiger partial charge in [0.1, 0.15) is 0 Å². The van der Waals surface area contributed by atoms with Crippen molar-refractivity contribution in [2.75, 3.05) is 12.4 Å². The van der Waals surface area contributed by atoms with Gasteiger partial charge in [0, 0.05) is 5.69 Å². The molecule has 0 aliphatic heterocycles. The van der Waals surface area contributed by atoms with Gasteiger partial charge in [-0.05, 0) is 30.5 Å². The number of nitrogens with one attached hydrogen (secondary N) is 1. The smallest absolute Gasteiger partial charge is 0.335 e. The number of esters is 1. The number of benzene rings is 2. The van der Waals surface area contributed by atoms with Crippen molar-refractivity contribution >= 4 is 11.7 Å². The van der Waals surface area contributed by atoms with E-state index >= 15 is 0 Å². The number of hydrogen-bond donors (Lipinski definition) is 1. The summed E-state index contributed by atoms with van der Waals surface area (Å²) in [5.41, 5.74) is 2.65. The van der Waals surface area contributed by atoms with Crippen LogP contribution >= 0.6 is 0 Å². The maximum absolute atomic E-state index is 11.8. The summed E-state index contributed by atoms with van der Waals surface area (Å²) in [6.45, 7) is 3.90. The van der Waals surface area contributed by atoms with Gasteiger partial charge in [0.05, 0.1) is 18.7 Å². The second-order valence-electron chi connectivity index (χ2n) is 5.10. The molecule has 0 saturated carbocycles. The fourth-order valence-corrected chi connectivity index (χ4v) is 2.30. The Balaban J connectivity index is 2.07. The molecule has 2 rings (SSSR count). The van der Waals surface area contributed by atoms with Crippen LogP contribution in [0.5, 0.6) is 0 Å². The lowest BCUT2D eigenvalue weighted by molar-refractivity contribution is -0.136. The van der Waals surface area contributed by atoms with Crippen LogP contribution in [0.25, 0.3) is 0 Å². The molecular formula is C19H21NO2. The van der Waals surface area contributed by atoms with Crippen molar-refractivity contribution in [3.05, 3.63) is 78.4 Å². The van der Waals surface area contributed by atoms with Crippen LogP contribution in [0.1, 0.15) is 12.0 Å². The molecule has 0 aromatic heterocycles. The molecule has 0 spiro atoms. The molecule has 0 amide bonds. The Morgan fingerprint density at radius 1 is 1.09 bits per heavy atom. The first-order valence-corrected chi connectivity index (χ1v) is 7.33. The number of rotatable bonds is 7. The Hall–Kier alpha value is -2.55. The standard InChI is InChI=1S/C19H21NO2/c1-15(19(21)22-2)18(20-17-11-7-4-8-12-17)14-13-16-9-5-3-6-10-16/h3-12,18,20H,1,13-14H2,2H3/t18-/m1/s1. The predicted molar refractivity (Wildman–Crippen MR) is 89.8 cm³/mol. The fraction of sp³-hybridized carbons (Fsp3) is 0.211. The minimum Gasteiger partial charge on any atom is -0.466 e. The van der Waals surface area contributed by atoms with Crippen LogP contribution in [0.15, 0.2) is 72.8 Å². The highest BCUT2D eigenvalue weighted by molar-refractivity contribution is 5.89. The summed E-state index contributed by atoms with van der Waals surface area (Å²) in [5.74, 6) is -0.374. The first-order valence-electron chi connectivity index (χ1n) is 7.33. The number of anilines is 1. The molecule has 0 bridgehead atoms. The molecule has 1 N–H and O–H groups in total. The van der Waals surface area contributed by atoms with E-state index in [2.05, 4.69) is 24.0 Å². The lowest BCUT2D eigenvalue weighted by atomic mass is 9.99. The number of ether oxygens (including phenoxy) is 1. The first kappa shape index (κ1) is 15.8. The van der Waals surface area contributed by atoms with Gasteiger partial charge >= 0.3 is 5.97 Å². The number of methoxy groups -OCH3 is 1. The Labute approximate surface area is 131 Å². The minimum absolute atomic E-state index is 0.157. The summed E-state index contributed by atoms with van der Waals surface area (Å²) >= 11 is 0. The Morgan fingerprint density at radius 3 is 2.27 bits per heavy atom. The third-order valence-corrected chi connectivity index (χ3v) is 3.55. The quantitative estimate of drug-likeness (QED) is 0.623. The van der Waals surface area contributed by atoms with E-state index < -0.39 is 0 Å². The Kier molecular flexibility index (Phi) is 5.78. The maximum atomic E-state index is 11.8. The number of carbonyl (C=O) groups excluding carboxylic acids is 1. The SMILES string of the molecule is C=C(C(=O)OC)[C@@H](CCc1ccccc1)Nc1ccccc1. The van der Waals surface area contributed by atoms with Crippen LogP contribution in [-0.2, 0) is 16.0 Å². The van der Waals surface area contributed by atoms with E-state index in [1.807, 2.05) is 48.5 Å². The number of aryl methyl sites for hydroxylation is 1. The van der Waals surface area contributed by atoms with Gasteiger partial charge in [0.2, 0.25) is 0 Å². The Bertz CT molecular complexity index is 608. The predicted octanol–water partition coefficient (Wildman–Crippen LogP) is 3.83. The molecule has 0 aliphatic rings. The van der Waals surface area contributed by atoms with Crippen LogP contribution in [0.2, 0.25) is 0 Å². The molecule has 3 nitrogen and oxygen atoms in total. The van der Waals surface area contributed by atoms with Gasteiger partial charge in [-0.15, -0.1) is 0 Å². The molecule has 22 heavy (non-hydrogen) atoms. The fourth-order valence-electron chi connectivity index (χ4n) is 2.30. The topological polar surface area (TPSA) is 38.3 Å². The molecular weight excluding hydrogens is 274 g/mol. The largest absolute Gasteiger partial charge is 0.466 e. The molecule has 0 heterocycles. The van der Waals surface area contributed by atoms with E-state index in [1.165, 1.54) is 12.7 Å². The molecule has 0 saturated heterocycles. The molecule has 0 aliphatic carbocycles. The van der Waals surface area contributed by atoms with E-state index in [0.717, 1.165) is 18.5 Å². The first-order chi connectivity index (χ1) is 10.7. The van der Waals surface area contributed by atoms with Gasteiger partial charge in [0.25, 0.3) is 0 Å². The lowest BCUT2D eigenvalue weighted by Gasteiger charge is -2.21. The van der Waals surface area contributed by atoms with Crippen LogP contribution in [0, 0.1) is 0 Å². The number of hydrogen-bond acceptors (Lipinski definition) is 3. The van der Waals surface area contributed by atoms with E-state index in [-0.39, 0.29) is 12.0 Å². The summed E-state index contributed by atoms with van der Waals surface area (Å²) in [7, 11) is 1.38. The van der Waals surface area contributed by atoms with Gasteiger partial charge in [-0.1, -0.05) is 55.1 Å². The Morgan fingerprint density at radius 2 is 1.68 bits per heavy atom. The normalized spacial score (nSPS) is 11.5. The highest BCUT2D eigenvalue weighted by atomic mass is 16.5. The van der Waals surface area contributed by atoms with E-state index in [4.69, 9.17) is 4.74 Å². The molecule has 0 radical (unpaired) electrons. The third-order valence-electron chi connectivity index (χ3n) is 3.55. The maximum Gasteiger partial charge on any atom is 0.335 e. The average Bonchev–Trinajstić information content (AvgIpc) is 2.59. The zero-order valence-corrected chi connectivity index (χ0v) is 12.8. The van der Waals surface area contributed by atoms with E-state index in [1.54, 1.807) is 0 Å². The number of carbonyl (C=O) groups is 1. The van der Waals surface area contributed by atoms with Gasteiger partial charge in [-0.3, -0.25) is 0 Å². The van der Waals surface area contributed by atoms with Crippen molar-refractivity contribution in [1.82, 2.24) is 0 Å².